The SMILES string of the molecule is CC(C)CCOc1ccc(NCC(=O)NCc2ccccc2Cl)cc1. The number of anilines is 1. The van der Waals surface area contributed by atoms with Gasteiger partial charge in [0.2, 0.25) is 5.91 Å². The van der Waals surface area contributed by atoms with Crippen molar-refractivity contribution in [1.29, 1.82) is 0 Å². The van der Waals surface area contributed by atoms with Crippen LogP contribution in [0.1, 0.15) is 25.8 Å². The van der Waals surface area contributed by atoms with Crippen LogP contribution in [0.15, 0.2) is 48.5 Å². The van der Waals surface area contributed by atoms with Gasteiger partial charge in [-0.25, -0.2) is 0 Å². The summed E-state index contributed by atoms with van der Waals surface area (Å²) in [6, 6.07) is 15.1. The summed E-state index contributed by atoms with van der Waals surface area (Å²) in [7, 11) is 0. The Hall–Kier alpha value is -2.20. The number of ether oxygens (including phenoxy) is 1. The van der Waals surface area contributed by atoms with E-state index in [1.165, 1.54) is 0 Å². The Kier molecular flexibility index (Phi) is 7.61. The van der Waals surface area contributed by atoms with E-state index in [2.05, 4.69) is 24.5 Å². The molecule has 2 aromatic carbocycles. The third-order valence-corrected chi connectivity index (χ3v) is 4.07. The molecule has 0 aliphatic rings. The lowest BCUT2D eigenvalue weighted by Gasteiger charge is -2.10. The number of carbonyl (C=O) groups is 1. The Morgan fingerprint density at radius 2 is 1.84 bits per heavy atom. The fourth-order valence-electron chi connectivity index (χ4n) is 2.16. The molecular formula is C20H25ClN2O2. The van der Waals surface area contributed by atoms with Gasteiger partial charge >= 0.3 is 0 Å². The highest BCUT2D eigenvalue weighted by Gasteiger charge is 2.04. The Balaban J connectivity index is 1.71. The molecule has 2 aromatic rings. The minimum absolute atomic E-state index is 0.0859. The van der Waals surface area contributed by atoms with Crippen LogP contribution in [0.25, 0.3) is 0 Å². The van der Waals surface area contributed by atoms with Gasteiger partial charge in [0.15, 0.2) is 0 Å². The number of nitrogens with one attached hydrogen (secondary N) is 2. The average molecular weight is 361 g/mol. The van der Waals surface area contributed by atoms with E-state index in [0.717, 1.165) is 30.0 Å². The van der Waals surface area contributed by atoms with Crippen LogP contribution in [-0.2, 0) is 11.3 Å². The minimum atomic E-state index is -0.0859. The van der Waals surface area contributed by atoms with Crippen molar-refractivity contribution in [1.82, 2.24) is 5.32 Å². The Bertz CT molecular complexity index is 672. The summed E-state index contributed by atoms with van der Waals surface area (Å²) in [6.45, 7) is 5.69. The lowest BCUT2D eigenvalue weighted by atomic mass is 10.1. The molecule has 0 unspecified atom stereocenters. The summed E-state index contributed by atoms with van der Waals surface area (Å²) >= 11 is 6.07. The van der Waals surface area contributed by atoms with Crippen LogP contribution in [0, 0.1) is 5.92 Å². The van der Waals surface area contributed by atoms with Crippen LogP contribution in [-0.4, -0.2) is 19.1 Å². The summed E-state index contributed by atoms with van der Waals surface area (Å²) in [4.78, 5) is 11.9. The molecule has 0 aliphatic carbocycles. The zero-order valence-electron chi connectivity index (χ0n) is 14.7. The van der Waals surface area contributed by atoms with Crippen LogP contribution >= 0.6 is 11.6 Å². The molecule has 0 aliphatic heterocycles. The van der Waals surface area contributed by atoms with E-state index in [9.17, 15) is 4.79 Å². The fraction of sp³-hybridized carbons (Fsp3) is 0.350. The van der Waals surface area contributed by atoms with Crippen molar-refractivity contribution in [3.8, 4) is 5.75 Å². The van der Waals surface area contributed by atoms with E-state index in [1.807, 2.05) is 48.5 Å². The van der Waals surface area contributed by atoms with Crippen molar-refractivity contribution in [2.75, 3.05) is 18.5 Å². The quantitative estimate of drug-likeness (QED) is 0.692. The Morgan fingerprint density at radius 1 is 1.12 bits per heavy atom. The van der Waals surface area contributed by atoms with Gasteiger partial charge in [-0.15, -0.1) is 0 Å². The van der Waals surface area contributed by atoms with Crippen LogP contribution in [0.3, 0.4) is 0 Å². The van der Waals surface area contributed by atoms with Gasteiger partial charge < -0.3 is 15.4 Å². The minimum Gasteiger partial charge on any atom is -0.494 e. The number of rotatable bonds is 9. The summed E-state index contributed by atoms with van der Waals surface area (Å²) in [6.07, 6.45) is 1.03. The molecule has 0 radical (unpaired) electrons. The lowest BCUT2D eigenvalue weighted by molar-refractivity contribution is -0.119. The smallest absolute Gasteiger partial charge is 0.239 e. The van der Waals surface area contributed by atoms with Crippen molar-refractivity contribution in [2.24, 2.45) is 5.92 Å². The third-order valence-electron chi connectivity index (χ3n) is 3.71. The molecule has 0 bridgehead atoms. The van der Waals surface area contributed by atoms with Gasteiger partial charge in [0.1, 0.15) is 5.75 Å². The molecule has 2 N–H and O–H groups in total. The molecule has 0 spiro atoms. The number of hydrogen-bond acceptors (Lipinski definition) is 3. The second-order valence-electron chi connectivity index (χ2n) is 6.28. The highest BCUT2D eigenvalue weighted by molar-refractivity contribution is 6.31. The Labute approximate surface area is 154 Å². The summed E-state index contributed by atoms with van der Waals surface area (Å²) in [5.74, 6) is 1.39. The average Bonchev–Trinajstić information content (AvgIpc) is 2.60. The largest absolute Gasteiger partial charge is 0.494 e. The molecule has 0 heterocycles. The molecule has 0 fully saturated rings. The third kappa shape index (κ3) is 7.06. The topological polar surface area (TPSA) is 50.4 Å². The number of amides is 1. The molecule has 5 heteroatoms. The van der Waals surface area contributed by atoms with E-state index in [0.29, 0.717) is 17.5 Å². The molecule has 2 rings (SSSR count). The maximum Gasteiger partial charge on any atom is 0.239 e. The van der Waals surface area contributed by atoms with Gasteiger partial charge in [-0.2, -0.15) is 0 Å². The summed E-state index contributed by atoms with van der Waals surface area (Å²) < 4.78 is 5.68. The van der Waals surface area contributed by atoms with Crippen molar-refractivity contribution in [3.63, 3.8) is 0 Å². The molecule has 0 saturated heterocycles. The van der Waals surface area contributed by atoms with E-state index in [-0.39, 0.29) is 12.5 Å². The fourth-order valence-corrected chi connectivity index (χ4v) is 2.36. The summed E-state index contributed by atoms with van der Waals surface area (Å²) in [5, 5.41) is 6.60. The van der Waals surface area contributed by atoms with Crippen molar-refractivity contribution < 1.29 is 9.53 Å². The van der Waals surface area contributed by atoms with Gasteiger partial charge in [-0.05, 0) is 48.2 Å². The van der Waals surface area contributed by atoms with Crippen molar-refractivity contribution >= 4 is 23.2 Å². The van der Waals surface area contributed by atoms with Crippen LogP contribution in [0.4, 0.5) is 5.69 Å². The molecule has 134 valence electrons. The van der Waals surface area contributed by atoms with Crippen LogP contribution in [0.2, 0.25) is 5.02 Å². The zero-order chi connectivity index (χ0) is 18.1. The maximum absolute atomic E-state index is 11.9. The van der Waals surface area contributed by atoms with Crippen molar-refractivity contribution in [3.05, 3.63) is 59.1 Å². The van der Waals surface area contributed by atoms with E-state index in [1.54, 1.807) is 0 Å². The number of hydrogen-bond donors (Lipinski definition) is 2. The monoisotopic (exact) mass is 360 g/mol. The highest BCUT2D eigenvalue weighted by atomic mass is 35.5. The molecule has 0 aromatic heterocycles. The van der Waals surface area contributed by atoms with Crippen LogP contribution in [0.5, 0.6) is 5.75 Å². The van der Waals surface area contributed by atoms with Gasteiger partial charge in [0, 0.05) is 17.3 Å². The maximum atomic E-state index is 11.9. The van der Waals surface area contributed by atoms with Gasteiger partial charge in [0.05, 0.1) is 13.2 Å². The highest BCUT2D eigenvalue weighted by Crippen LogP contribution is 2.16. The first-order valence-corrected chi connectivity index (χ1v) is 8.89. The number of benzene rings is 2. The Morgan fingerprint density at radius 3 is 2.52 bits per heavy atom. The number of carbonyl (C=O) groups excluding carboxylic acids is 1. The molecular weight excluding hydrogens is 336 g/mol. The molecule has 4 nitrogen and oxygen atoms in total. The summed E-state index contributed by atoms with van der Waals surface area (Å²) in [5.41, 5.74) is 1.78. The molecule has 0 atom stereocenters. The standard InChI is InChI=1S/C20H25ClN2O2/c1-15(2)11-12-25-18-9-7-17(8-10-18)22-14-20(24)23-13-16-5-3-4-6-19(16)21/h3-10,15,22H,11-14H2,1-2H3,(H,23,24). The molecule has 0 saturated carbocycles. The second kappa shape index (κ2) is 9.94. The lowest BCUT2D eigenvalue weighted by Crippen LogP contribution is -2.29. The zero-order valence-corrected chi connectivity index (χ0v) is 15.5. The second-order valence-corrected chi connectivity index (χ2v) is 6.68. The van der Waals surface area contributed by atoms with Gasteiger partial charge in [-0.3, -0.25) is 4.79 Å². The predicted molar refractivity (Wildman–Crippen MR) is 103 cm³/mol. The van der Waals surface area contributed by atoms with Crippen molar-refractivity contribution in [2.45, 2.75) is 26.8 Å². The van der Waals surface area contributed by atoms with Crippen LogP contribution < -0.4 is 15.4 Å². The normalized spacial score (nSPS) is 10.6. The van der Waals surface area contributed by atoms with E-state index < -0.39 is 0 Å². The predicted octanol–water partition coefficient (Wildman–Crippen LogP) is 4.49. The number of halogens is 1. The van der Waals surface area contributed by atoms with E-state index >= 15 is 0 Å². The molecule has 1 amide bonds. The molecule has 25 heavy (non-hydrogen) atoms. The first-order valence-electron chi connectivity index (χ1n) is 8.51. The van der Waals surface area contributed by atoms with Gasteiger partial charge in [0.25, 0.3) is 0 Å². The first kappa shape index (κ1) is 19.1. The van der Waals surface area contributed by atoms with Gasteiger partial charge in [-0.1, -0.05) is 43.6 Å². The van der Waals surface area contributed by atoms with E-state index in [4.69, 9.17) is 16.3 Å². The first-order chi connectivity index (χ1) is 12.0.